The molecule has 3 atom stereocenters. The van der Waals surface area contributed by atoms with Gasteiger partial charge >= 0.3 is 5.97 Å². The Morgan fingerprint density at radius 1 is 1.05 bits per heavy atom. The summed E-state index contributed by atoms with van der Waals surface area (Å²) in [7, 11) is 3.96. The van der Waals surface area contributed by atoms with Crippen LogP contribution in [0, 0.1) is 0 Å². The molecule has 6 nitrogen and oxygen atoms in total. The van der Waals surface area contributed by atoms with Crippen molar-refractivity contribution in [3.8, 4) is 5.75 Å². The molecule has 200 valence electrons. The topological polar surface area (TPSA) is 67.9 Å². The first-order chi connectivity index (χ1) is 17.9. The van der Waals surface area contributed by atoms with Crippen molar-refractivity contribution < 1.29 is 19.1 Å². The summed E-state index contributed by atoms with van der Waals surface area (Å²) in [6.45, 7) is 3.21. The lowest BCUT2D eigenvalue weighted by molar-refractivity contribution is -0.147. The summed E-state index contributed by atoms with van der Waals surface area (Å²) in [5.74, 6) is 0.380. The summed E-state index contributed by atoms with van der Waals surface area (Å²) in [4.78, 5) is 26.9. The second kappa shape index (κ2) is 12.2. The Labute approximate surface area is 221 Å². The third kappa shape index (κ3) is 6.42. The fraction of sp³-hybridized carbons (Fsp3) is 0.548. The van der Waals surface area contributed by atoms with E-state index in [0.29, 0.717) is 12.2 Å². The number of fused-ring (bicyclic) bond motifs is 1. The lowest BCUT2D eigenvalue weighted by Gasteiger charge is -2.59. The minimum atomic E-state index is -0.354. The van der Waals surface area contributed by atoms with E-state index in [-0.39, 0.29) is 28.9 Å². The molecule has 1 N–H and O–H groups in total. The third-order valence-corrected chi connectivity index (χ3v) is 8.43. The van der Waals surface area contributed by atoms with Gasteiger partial charge in [0.25, 0.3) is 0 Å². The van der Waals surface area contributed by atoms with Crippen molar-refractivity contribution in [2.24, 2.45) is 0 Å². The van der Waals surface area contributed by atoms with Crippen LogP contribution in [0.2, 0.25) is 0 Å². The van der Waals surface area contributed by atoms with Gasteiger partial charge in [0.15, 0.2) is 0 Å². The normalized spacial score (nSPS) is 25.8. The summed E-state index contributed by atoms with van der Waals surface area (Å²) < 4.78 is 11.8. The minimum Gasteiger partial charge on any atom is -0.427 e. The predicted octanol–water partition coefficient (Wildman–Crippen LogP) is 5.04. The van der Waals surface area contributed by atoms with Gasteiger partial charge in [-0.2, -0.15) is 0 Å². The number of piperidine rings is 1. The minimum absolute atomic E-state index is 0.0980. The molecule has 0 spiro atoms. The second-order valence-corrected chi connectivity index (χ2v) is 10.9. The summed E-state index contributed by atoms with van der Waals surface area (Å²) >= 11 is 0. The first kappa shape index (κ1) is 27.3. The predicted molar refractivity (Wildman–Crippen MR) is 146 cm³/mol. The van der Waals surface area contributed by atoms with Crippen LogP contribution in [-0.2, 0) is 26.2 Å². The van der Waals surface area contributed by atoms with Gasteiger partial charge in [0.1, 0.15) is 5.75 Å². The Morgan fingerprint density at radius 3 is 2.62 bits per heavy atom. The quantitative estimate of drug-likeness (QED) is 0.278. The Hall–Kier alpha value is -2.70. The standard InChI is InChI=1S/C31H42N2O4/c1-24(34)37-28-15-10-14-26(21-28)30-19-20-33(2)23-31(30,36-3)18-17-27(22-30)32-29(35)16-9-5-8-13-25-11-6-4-7-12-25/h4,6-7,10-12,14-15,21,27H,5,8-9,13,16-20,22-23H2,1-3H3,(H,32,35). The SMILES string of the molecule is COC12CCC(NC(=O)CCCCCc3ccccc3)CC1(c1cccc(OC(C)=O)c1)CCN(C)C2. The van der Waals surface area contributed by atoms with E-state index < -0.39 is 0 Å². The van der Waals surface area contributed by atoms with Gasteiger partial charge in [-0.1, -0.05) is 48.9 Å². The average Bonchev–Trinajstić information content (AvgIpc) is 2.89. The van der Waals surface area contributed by atoms with Crippen molar-refractivity contribution in [2.45, 2.75) is 81.8 Å². The van der Waals surface area contributed by atoms with E-state index in [1.54, 1.807) is 0 Å². The van der Waals surface area contributed by atoms with Crippen LogP contribution in [0.5, 0.6) is 5.75 Å². The van der Waals surface area contributed by atoms with Crippen molar-refractivity contribution in [1.29, 1.82) is 0 Å². The monoisotopic (exact) mass is 506 g/mol. The van der Waals surface area contributed by atoms with E-state index in [4.69, 9.17) is 9.47 Å². The number of rotatable bonds is 10. The van der Waals surface area contributed by atoms with Crippen LogP contribution in [0.1, 0.15) is 69.4 Å². The number of ether oxygens (including phenoxy) is 2. The van der Waals surface area contributed by atoms with Crippen LogP contribution in [-0.4, -0.2) is 55.7 Å². The number of esters is 1. The lowest BCUT2D eigenvalue weighted by Crippen LogP contribution is -2.67. The summed E-state index contributed by atoms with van der Waals surface area (Å²) in [5, 5.41) is 3.36. The summed E-state index contributed by atoms with van der Waals surface area (Å²) in [6, 6.07) is 18.5. The molecule has 2 aromatic carbocycles. The number of unbranched alkanes of at least 4 members (excludes halogenated alkanes) is 2. The van der Waals surface area contributed by atoms with Gasteiger partial charge in [0.2, 0.25) is 5.91 Å². The van der Waals surface area contributed by atoms with E-state index >= 15 is 0 Å². The first-order valence-electron chi connectivity index (χ1n) is 13.7. The molecule has 2 fully saturated rings. The van der Waals surface area contributed by atoms with Crippen molar-refractivity contribution in [2.75, 3.05) is 27.2 Å². The zero-order chi connectivity index (χ0) is 26.3. The highest BCUT2D eigenvalue weighted by atomic mass is 16.5. The molecule has 2 aromatic rings. The fourth-order valence-corrected chi connectivity index (χ4v) is 6.58. The van der Waals surface area contributed by atoms with Gasteiger partial charge < -0.3 is 19.7 Å². The third-order valence-electron chi connectivity index (χ3n) is 8.43. The Morgan fingerprint density at radius 2 is 1.86 bits per heavy atom. The molecule has 1 saturated heterocycles. The maximum atomic E-state index is 12.9. The molecular formula is C31H42N2O4. The highest BCUT2D eigenvalue weighted by molar-refractivity contribution is 5.76. The molecule has 3 unspecified atom stereocenters. The highest BCUT2D eigenvalue weighted by Gasteiger charge is 2.58. The van der Waals surface area contributed by atoms with Crippen molar-refractivity contribution in [3.05, 3.63) is 65.7 Å². The molecule has 37 heavy (non-hydrogen) atoms. The summed E-state index contributed by atoms with van der Waals surface area (Å²) in [5.41, 5.74) is 1.86. The molecule has 0 radical (unpaired) electrons. The Balaban J connectivity index is 1.41. The molecule has 1 heterocycles. The number of hydrogen-bond acceptors (Lipinski definition) is 5. The van der Waals surface area contributed by atoms with Crippen molar-refractivity contribution >= 4 is 11.9 Å². The van der Waals surface area contributed by atoms with Crippen LogP contribution in [0.15, 0.2) is 54.6 Å². The largest absolute Gasteiger partial charge is 0.427 e. The molecule has 1 aliphatic carbocycles. The maximum absolute atomic E-state index is 12.9. The molecule has 4 rings (SSSR count). The number of likely N-dealkylation sites (N-methyl/N-ethyl adjacent to an activating group) is 1. The van der Waals surface area contributed by atoms with Crippen molar-refractivity contribution in [3.63, 3.8) is 0 Å². The number of amides is 1. The number of nitrogens with zero attached hydrogens (tertiary/aromatic N) is 1. The van der Waals surface area contributed by atoms with Crippen LogP contribution < -0.4 is 10.1 Å². The van der Waals surface area contributed by atoms with E-state index in [2.05, 4.69) is 47.6 Å². The zero-order valence-electron chi connectivity index (χ0n) is 22.6. The number of carbonyl (C=O) groups excluding carboxylic acids is 2. The Kier molecular flexibility index (Phi) is 9.04. The molecule has 1 amide bonds. The molecule has 2 aliphatic rings. The fourth-order valence-electron chi connectivity index (χ4n) is 6.58. The van der Waals surface area contributed by atoms with Gasteiger partial charge in [0.05, 0.1) is 5.60 Å². The number of methoxy groups -OCH3 is 1. The highest BCUT2D eigenvalue weighted by Crippen LogP contribution is 2.53. The van der Waals surface area contributed by atoms with Gasteiger partial charge in [-0.25, -0.2) is 0 Å². The van der Waals surface area contributed by atoms with Crippen molar-refractivity contribution in [1.82, 2.24) is 10.2 Å². The number of aryl methyl sites for hydroxylation is 1. The van der Waals surface area contributed by atoms with E-state index in [1.807, 2.05) is 31.4 Å². The number of hydrogen-bond donors (Lipinski definition) is 1. The maximum Gasteiger partial charge on any atom is 0.308 e. The summed E-state index contributed by atoms with van der Waals surface area (Å²) in [6.07, 6.45) is 8.20. The number of carbonyl (C=O) groups is 2. The molecule has 6 heteroatoms. The zero-order valence-corrected chi connectivity index (χ0v) is 22.6. The van der Waals surface area contributed by atoms with E-state index in [1.165, 1.54) is 12.5 Å². The van der Waals surface area contributed by atoms with Gasteiger partial charge in [-0.3, -0.25) is 9.59 Å². The van der Waals surface area contributed by atoms with Gasteiger partial charge in [0, 0.05) is 38.5 Å². The van der Waals surface area contributed by atoms with Crippen LogP contribution in [0.25, 0.3) is 0 Å². The van der Waals surface area contributed by atoms with Crippen LogP contribution >= 0.6 is 0 Å². The number of likely N-dealkylation sites (tertiary alicyclic amines) is 1. The van der Waals surface area contributed by atoms with E-state index in [0.717, 1.165) is 70.0 Å². The molecule has 0 bridgehead atoms. The average molecular weight is 507 g/mol. The molecule has 0 aromatic heterocycles. The smallest absolute Gasteiger partial charge is 0.308 e. The Bertz CT molecular complexity index is 1060. The number of benzene rings is 2. The number of nitrogens with one attached hydrogen (secondary N) is 1. The van der Waals surface area contributed by atoms with Gasteiger partial charge in [-0.15, -0.1) is 0 Å². The molecular weight excluding hydrogens is 464 g/mol. The second-order valence-electron chi connectivity index (χ2n) is 10.9. The first-order valence-corrected chi connectivity index (χ1v) is 13.7. The van der Waals surface area contributed by atoms with E-state index in [9.17, 15) is 9.59 Å². The molecule has 1 aliphatic heterocycles. The van der Waals surface area contributed by atoms with Gasteiger partial charge in [-0.05, 0) is 81.8 Å². The van der Waals surface area contributed by atoms with Crippen LogP contribution in [0.3, 0.4) is 0 Å². The molecule has 1 saturated carbocycles. The lowest BCUT2D eigenvalue weighted by atomic mass is 9.55. The van der Waals surface area contributed by atoms with Crippen LogP contribution in [0.4, 0.5) is 0 Å².